The van der Waals surface area contributed by atoms with Crippen LogP contribution >= 0.6 is 0 Å². The Morgan fingerprint density at radius 2 is 1.06 bits per heavy atom. The van der Waals surface area contributed by atoms with E-state index in [1.165, 1.54) is 36.3 Å². The van der Waals surface area contributed by atoms with E-state index in [2.05, 4.69) is 43.0 Å². The van der Waals surface area contributed by atoms with Crippen LogP contribution in [-0.4, -0.2) is 104 Å². The van der Waals surface area contributed by atoms with Crippen molar-refractivity contribution in [1.82, 2.24) is 34.3 Å². The quantitative estimate of drug-likeness (QED) is 0.101. The zero-order valence-corrected chi connectivity index (χ0v) is 37.5. The summed E-state index contributed by atoms with van der Waals surface area (Å²) in [7, 11) is -4.22. The van der Waals surface area contributed by atoms with Crippen molar-refractivity contribution in [2.24, 2.45) is 19.8 Å². The van der Waals surface area contributed by atoms with E-state index in [4.69, 9.17) is 15.9 Å². The summed E-state index contributed by atoms with van der Waals surface area (Å²) in [5.74, 6) is -1.89. The van der Waals surface area contributed by atoms with Crippen LogP contribution in [0, 0.1) is 0 Å². The van der Waals surface area contributed by atoms with E-state index in [1.54, 1.807) is 7.11 Å². The third-order valence-corrected chi connectivity index (χ3v) is 13.7. The number of urea groups is 2. The highest BCUT2D eigenvalue weighted by Crippen LogP contribution is 2.40. The Morgan fingerprint density at radius 3 is 1.39 bits per heavy atom. The van der Waals surface area contributed by atoms with Crippen molar-refractivity contribution in [1.29, 1.82) is 0 Å². The highest BCUT2D eigenvalue weighted by molar-refractivity contribution is 7.90. The number of carboxylic acids is 1. The first kappa shape index (κ1) is 47.6. The number of carbonyl (C=O) groups excluding carboxylic acids is 3. The number of aromatic nitrogens is 4. The zero-order valence-electron chi connectivity index (χ0n) is 35.9. The molecule has 9 N–H and O–H groups in total. The largest absolute Gasteiger partial charge is 0.477 e. The van der Waals surface area contributed by atoms with Crippen molar-refractivity contribution in [2.75, 3.05) is 44.0 Å². The highest BCUT2D eigenvalue weighted by atomic mass is 32.2. The minimum Gasteiger partial charge on any atom is -0.477 e. The number of anilines is 2. The summed E-state index contributed by atoms with van der Waals surface area (Å²) in [6.45, 7) is 1.07. The molecule has 4 aliphatic carbocycles. The number of hydrogen-bond donors (Lipinski definition) is 8. The van der Waals surface area contributed by atoms with Crippen LogP contribution in [-0.2, 0) is 90.2 Å². The first-order chi connectivity index (χ1) is 30.5. The van der Waals surface area contributed by atoms with Gasteiger partial charge < -0.3 is 36.6 Å². The topological polar surface area (TPSA) is 308 Å². The molecular weight excluding hydrogens is 873 g/mol. The molecule has 23 heteroatoms. The second-order valence-corrected chi connectivity index (χ2v) is 18.9. The van der Waals surface area contributed by atoms with E-state index in [0.29, 0.717) is 13.2 Å². The number of aliphatic hydroxyl groups is 1. The van der Waals surface area contributed by atoms with Crippen molar-refractivity contribution in [3.8, 4) is 0 Å². The number of sulfonamides is 2. The van der Waals surface area contributed by atoms with Crippen LogP contribution in [0.4, 0.5) is 21.0 Å². The number of ether oxygens (including phenoxy) is 1. The number of nitrogens with zero attached hydrogens (tertiary/aromatic N) is 4. The van der Waals surface area contributed by atoms with E-state index < -0.39 is 54.0 Å². The van der Waals surface area contributed by atoms with Crippen LogP contribution in [0.1, 0.15) is 91.2 Å². The molecule has 5 amide bonds. The Kier molecular flexibility index (Phi) is 15.1. The number of nitrogens with two attached hydrogens (primary N) is 1. The van der Waals surface area contributed by atoms with Crippen LogP contribution in [0.25, 0.3) is 0 Å². The summed E-state index contributed by atoms with van der Waals surface area (Å²) in [6.07, 6.45) is 11.3. The van der Waals surface area contributed by atoms with Gasteiger partial charge in [0.05, 0.1) is 13.2 Å². The number of amides is 5. The van der Waals surface area contributed by atoms with Crippen molar-refractivity contribution >= 4 is 55.4 Å². The molecule has 0 saturated carbocycles. The molecule has 21 nitrogen and oxygen atoms in total. The molecule has 0 saturated heterocycles. The van der Waals surface area contributed by atoms with Crippen LogP contribution in [0.15, 0.2) is 34.3 Å². The van der Waals surface area contributed by atoms with Gasteiger partial charge in [-0.1, -0.05) is 12.1 Å². The molecule has 2 heterocycles. The van der Waals surface area contributed by atoms with E-state index in [-0.39, 0.29) is 24.5 Å². The average molecular weight is 927 g/mol. The van der Waals surface area contributed by atoms with Gasteiger partial charge in [-0.3, -0.25) is 14.2 Å². The molecule has 0 bridgehead atoms. The van der Waals surface area contributed by atoms with Crippen molar-refractivity contribution < 1.29 is 51.0 Å². The fourth-order valence-electron chi connectivity index (χ4n) is 8.50. The summed E-state index contributed by atoms with van der Waals surface area (Å²) in [5.41, 5.74) is 15.4. The molecule has 64 heavy (non-hydrogen) atoms. The van der Waals surface area contributed by atoms with Gasteiger partial charge in [0.2, 0.25) is 0 Å². The number of methoxy groups -OCH3 is 1. The number of fused-ring (bicyclic) bond motifs is 4. The predicted octanol–water partition coefficient (Wildman–Crippen LogP) is 1.83. The van der Waals surface area contributed by atoms with E-state index in [9.17, 15) is 36.0 Å². The molecule has 4 aromatic rings. The Bertz CT molecular complexity index is 2610. The third-order valence-electron chi connectivity index (χ3n) is 11.3. The highest BCUT2D eigenvalue weighted by Gasteiger charge is 2.30. The summed E-state index contributed by atoms with van der Waals surface area (Å²) in [4.78, 5) is 48.3. The summed E-state index contributed by atoms with van der Waals surface area (Å²) >= 11 is 0. The minimum atomic E-state index is -4.30. The standard InChI is InChI=1S/C20H25N5O5S.C18H20N4O5S.C3H9NO/c1-25-16(19(27)21-8-9-26)11-17(23-25)31(29,30)24-20(28)22-18-14-6-2-4-12(14)10-13-5-3-7-15(13)18;1-22-14(17(23)24)9-15(20-22)28(26,27)21-18(25)19-16-12-6-2-4-10(12)8-11-5-3-7-13(11)16;1-5-3-2-4/h10-11,26H,2-9H2,1H3,(H,21,27)(H2,22,24,28);8-9H,2-7H2,1H3,(H,23,24)(H2,19,21,25);2-4H2,1H3. The van der Waals surface area contributed by atoms with Gasteiger partial charge in [-0.15, -0.1) is 0 Å². The number of carbonyl (C=O) groups is 4. The normalized spacial score (nSPS) is 14.5. The van der Waals surface area contributed by atoms with Crippen molar-refractivity contribution in [3.63, 3.8) is 0 Å². The number of hydrogen-bond acceptors (Lipinski definition) is 13. The molecule has 346 valence electrons. The fraction of sp³-hybridized carbons (Fsp3) is 0.463. The van der Waals surface area contributed by atoms with Gasteiger partial charge in [-0.2, -0.15) is 27.0 Å². The number of aryl methyl sites for hydroxylation is 6. The number of aromatic carboxylic acids is 1. The number of nitrogens with one attached hydrogen (secondary N) is 5. The molecule has 8 rings (SSSR count). The molecule has 4 aliphatic rings. The van der Waals surface area contributed by atoms with Crippen molar-refractivity contribution in [3.05, 3.63) is 80.2 Å². The van der Waals surface area contributed by atoms with Gasteiger partial charge >= 0.3 is 18.0 Å². The van der Waals surface area contributed by atoms with Gasteiger partial charge in [0.1, 0.15) is 11.4 Å². The molecule has 0 aliphatic heterocycles. The third kappa shape index (κ3) is 10.7. The van der Waals surface area contributed by atoms with Crippen LogP contribution in [0.3, 0.4) is 0 Å². The van der Waals surface area contributed by atoms with E-state index >= 15 is 0 Å². The molecule has 0 unspecified atom stereocenters. The molecule has 2 aromatic carbocycles. The zero-order chi connectivity index (χ0) is 46.3. The first-order valence-electron chi connectivity index (χ1n) is 20.9. The molecule has 0 spiro atoms. The van der Waals surface area contributed by atoms with Gasteiger partial charge in [0.15, 0.2) is 10.1 Å². The number of aliphatic hydroxyl groups excluding tert-OH is 1. The summed E-state index contributed by atoms with van der Waals surface area (Å²) < 4.78 is 60.8. The molecule has 0 fully saturated rings. The van der Waals surface area contributed by atoms with Crippen LogP contribution in [0.2, 0.25) is 0 Å². The Balaban J connectivity index is 0.000000193. The number of benzene rings is 2. The Morgan fingerprint density at radius 1 is 0.672 bits per heavy atom. The second kappa shape index (κ2) is 20.3. The smallest absolute Gasteiger partial charge is 0.354 e. The van der Waals surface area contributed by atoms with Crippen LogP contribution in [0.5, 0.6) is 0 Å². The molecule has 0 atom stereocenters. The fourth-order valence-corrected chi connectivity index (χ4v) is 10.3. The summed E-state index contributed by atoms with van der Waals surface area (Å²) in [5, 5.41) is 32.4. The van der Waals surface area contributed by atoms with Crippen LogP contribution < -0.4 is 31.1 Å². The van der Waals surface area contributed by atoms with Gasteiger partial charge in [0.25, 0.3) is 26.0 Å². The minimum absolute atomic E-state index is 0.00654. The number of rotatable bonds is 12. The lowest BCUT2D eigenvalue weighted by molar-refractivity contribution is 0.0684. The number of carboxylic acid groups (broad SMARTS) is 1. The lowest BCUT2D eigenvalue weighted by Gasteiger charge is -2.16. The Hall–Kier alpha value is -5.88. The summed E-state index contributed by atoms with van der Waals surface area (Å²) in [6, 6.07) is 4.70. The monoisotopic (exact) mass is 926 g/mol. The maximum atomic E-state index is 12.7. The molecule has 0 radical (unpaired) electrons. The lowest BCUT2D eigenvalue weighted by Crippen LogP contribution is -2.35. The maximum absolute atomic E-state index is 12.7. The van der Waals surface area contributed by atoms with Gasteiger partial charge in [-0.25, -0.2) is 23.8 Å². The van der Waals surface area contributed by atoms with Gasteiger partial charge in [-0.05, 0) is 122 Å². The molecular formula is C41H54N10O11S2. The SMILES string of the molecule is COCCN.Cn1nc(S(=O)(=O)NC(=O)Nc2c3c(cc4c2CCC4)CCC3)cc1C(=O)NCCO.Cn1nc(S(=O)(=O)NC(=O)Nc2c3c(cc4c2CCC4)CCC3)cc1C(=O)O. The van der Waals surface area contributed by atoms with Crippen molar-refractivity contribution in [2.45, 2.75) is 87.1 Å². The maximum Gasteiger partial charge on any atom is 0.354 e. The van der Waals surface area contributed by atoms with E-state index in [1.807, 2.05) is 9.44 Å². The second-order valence-electron chi connectivity index (χ2n) is 15.6. The Labute approximate surface area is 370 Å². The van der Waals surface area contributed by atoms with E-state index in [0.717, 1.165) is 132 Å². The lowest BCUT2D eigenvalue weighted by atomic mass is 9.99. The molecule has 2 aromatic heterocycles. The predicted molar refractivity (Wildman–Crippen MR) is 233 cm³/mol. The average Bonchev–Trinajstić information content (AvgIpc) is 4.09. The first-order valence-corrected chi connectivity index (χ1v) is 23.8. The van der Waals surface area contributed by atoms with Gasteiger partial charge in [0, 0.05) is 57.8 Å².